The number of hydrogen-bond acceptors (Lipinski definition) is 4. The lowest BCUT2D eigenvalue weighted by Crippen LogP contribution is -2.48. The summed E-state index contributed by atoms with van der Waals surface area (Å²) in [5.41, 5.74) is 1.46. The van der Waals surface area contributed by atoms with Gasteiger partial charge in [0.15, 0.2) is 11.8 Å². The van der Waals surface area contributed by atoms with Gasteiger partial charge < -0.3 is 14.7 Å². The van der Waals surface area contributed by atoms with Gasteiger partial charge in [-0.2, -0.15) is 4.98 Å². The molecule has 0 amide bonds. The summed E-state index contributed by atoms with van der Waals surface area (Å²) in [7, 11) is 0. The molecule has 2 heterocycles. The minimum absolute atomic E-state index is 0.603. The fraction of sp³-hybridized carbons (Fsp3) is 0.571. The Hall–Kier alpha value is -2.37. The molecule has 2 aromatic rings. The highest BCUT2D eigenvalue weighted by molar-refractivity contribution is 5.80. The third kappa shape index (κ3) is 5.31. The van der Waals surface area contributed by atoms with Crippen LogP contribution in [0.1, 0.15) is 49.9 Å². The third-order valence-electron chi connectivity index (χ3n) is 5.15. The van der Waals surface area contributed by atoms with Crippen LogP contribution >= 0.6 is 0 Å². The Morgan fingerprint density at radius 1 is 1.33 bits per heavy atom. The molecule has 6 nitrogen and oxygen atoms in total. The molecule has 146 valence electrons. The van der Waals surface area contributed by atoms with E-state index in [4.69, 9.17) is 9.52 Å². The van der Waals surface area contributed by atoms with Crippen molar-refractivity contribution in [2.24, 2.45) is 10.9 Å². The predicted octanol–water partition coefficient (Wildman–Crippen LogP) is 3.40. The molecule has 0 saturated carbocycles. The van der Waals surface area contributed by atoms with Gasteiger partial charge in [0.05, 0.1) is 0 Å². The summed E-state index contributed by atoms with van der Waals surface area (Å²) in [4.78, 5) is 11.5. The smallest absolute Gasteiger partial charge is 0.226 e. The van der Waals surface area contributed by atoms with Crippen molar-refractivity contribution in [2.45, 2.75) is 46.0 Å². The second-order valence-corrected chi connectivity index (χ2v) is 7.30. The van der Waals surface area contributed by atoms with Gasteiger partial charge in [0.2, 0.25) is 5.89 Å². The maximum Gasteiger partial charge on any atom is 0.226 e. The first kappa shape index (κ1) is 19.4. The number of aryl methyl sites for hydroxylation is 2. The zero-order valence-electron chi connectivity index (χ0n) is 16.7. The SMILES string of the molecule is CCNC(=NCCCc1nc(C)no1)N1CCC(c2ccccc2)C(C)C1. The summed E-state index contributed by atoms with van der Waals surface area (Å²) in [5, 5.41) is 7.29. The van der Waals surface area contributed by atoms with E-state index in [-0.39, 0.29) is 0 Å². The molecule has 2 unspecified atom stereocenters. The molecular weight excluding hydrogens is 338 g/mol. The molecule has 0 radical (unpaired) electrons. The van der Waals surface area contributed by atoms with Crippen molar-refractivity contribution in [3.63, 3.8) is 0 Å². The second kappa shape index (κ2) is 9.53. The molecule has 1 N–H and O–H groups in total. The third-order valence-corrected chi connectivity index (χ3v) is 5.15. The van der Waals surface area contributed by atoms with E-state index in [2.05, 4.69) is 64.5 Å². The normalized spacial score (nSPS) is 20.7. The number of nitrogens with one attached hydrogen (secondary N) is 1. The lowest BCUT2D eigenvalue weighted by Gasteiger charge is -2.39. The van der Waals surface area contributed by atoms with Crippen LogP contribution in [0.3, 0.4) is 0 Å². The molecule has 1 saturated heterocycles. The van der Waals surface area contributed by atoms with Crippen molar-refractivity contribution in [2.75, 3.05) is 26.2 Å². The Balaban J connectivity index is 1.55. The van der Waals surface area contributed by atoms with Crippen molar-refractivity contribution >= 4 is 5.96 Å². The van der Waals surface area contributed by atoms with Gasteiger partial charge in [-0.3, -0.25) is 4.99 Å². The summed E-state index contributed by atoms with van der Waals surface area (Å²) in [6, 6.07) is 10.9. The van der Waals surface area contributed by atoms with Crippen LogP contribution in [-0.4, -0.2) is 47.2 Å². The first-order valence-corrected chi connectivity index (χ1v) is 10.0. The zero-order valence-corrected chi connectivity index (χ0v) is 16.7. The van der Waals surface area contributed by atoms with Crippen LogP contribution in [0.25, 0.3) is 0 Å². The van der Waals surface area contributed by atoms with E-state index >= 15 is 0 Å². The first-order chi connectivity index (χ1) is 13.2. The van der Waals surface area contributed by atoms with Gasteiger partial charge in [-0.25, -0.2) is 0 Å². The van der Waals surface area contributed by atoms with Crippen molar-refractivity contribution in [3.05, 3.63) is 47.6 Å². The van der Waals surface area contributed by atoms with Crippen LogP contribution < -0.4 is 5.32 Å². The molecule has 2 atom stereocenters. The Morgan fingerprint density at radius 3 is 2.81 bits per heavy atom. The standard InChI is InChI=1S/C21H31N5O/c1-4-22-21(23-13-8-11-20-24-17(3)25-27-20)26-14-12-19(16(2)15-26)18-9-6-5-7-10-18/h5-7,9-10,16,19H,4,8,11-15H2,1-3H3,(H,22,23). The predicted molar refractivity (Wildman–Crippen MR) is 108 cm³/mol. The molecule has 1 aromatic carbocycles. The highest BCUT2D eigenvalue weighted by Crippen LogP contribution is 2.32. The number of likely N-dealkylation sites (tertiary alicyclic amines) is 1. The summed E-state index contributed by atoms with van der Waals surface area (Å²) < 4.78 is 5.17. The summed E-state index contributed by atoms with van der Waals surface area (Å²) in [5.74, 6) is 3.65. The van der Waals surface area contributed by atoms with Crippen molar-refractivity contribution in [3.8, 4) is 0 Å². The molecule has 6 heteroatoms. The maximum absolute atomic E-state index is 5.17. The van der Waals surface area contributed by atoms with Crippen LogP contribution in [0.2, 0.25) is 0 Å². The highest BCUT2D eigenvalue weighted by atomic mass is 16.5. The fourth-order valence-electron chi connectivity index (χ4n) is 3.82. The highest BCUT2D eigenvalue weighted by Gasteiger charge is 2.28. The monoisotopic (exact) mass is 369 g/mol. The largest absolute Gasteiger partial charge is 0.357 e. The van der Waals surface area contributed by atoms with E-state index in [0.717, 1.165) is 51.4 Å². The quantitative estimate of drug-likeness (QED) is 0.480. The van der Waals surface area contributed by atoms with E-state index in [1.807, 2.05) is 6.92 Å². The summed E-state index contributed by atoms with van der Waals surface area (Å²) in [6.07, 6.45) is 2.85. The minimum atomic E-state index is 0.603. The van der Waals surface area contributed by atoms with Crippen LogP contribution in [0, 0.1) is 12.8 Å². The van der Waals surface area contributed by atoms with E-state index in [9.17, 15) is 0 Å². The van der Waals surface area contributed by atoms with Gasteiger partial charge in [-0.1, -0.05) is 42.4 Å². The number of benzene rings is 1. The van der Waals surface area contributed by atoms with Crippen LogP contribution in [0.4, 0.5) is 0 Å². The first-order valence-electron chi connectivity index (χ1n) is 10.0. The number of rotatable bonds is 6. The molecule has 3 rings (SSSR count). The molecule has 1 fully saturated rings. The van der Waals surface area contributed by atoms with Gasteiger partial charge in [0, 0.05) is 32.6 Å². The van der Waals surface area contributed by atoms with Crippen molar-refractivity contribution in [1.82, 2.24) is 20.4 Å². The summed E-state index contributed by atoms with van der Waals surface area (Å²) >= 11 is 0. The number of guanidine groups is 1. The van der Waals surface area contributed by atoms with E-state index in [1.165, 1.54) is 5.56 Å². The Kier molecular flexibility index (Phi) is 6.85. The van der Waals surface area contributed by atoms with Crippen LogP contribution in [0.15, 0.2) is 39.8 Å². The Bertz CT molecular complexity index is 727. The number of hydrogen-bond donors (Lipinski definition) is 1. The van der Waals surface area contributed by atoms with E-state index in [1.54, 1.807) is 0 Å². The Labute approximate surface area is 162 Å². The van der Waals surface area contributed by atoms with Gasteiger partial charge in [0.25, 0.3) is 0 Å². The van der Waals surface area contributed by atoms with Gasteiger partial charge in [-0.05, 0) is 44.1 Å². The molecule has 27 heavy (non-hydrogen) atoms. The molecular formula is C21H31N5O. The zero-order chi connectivity index (χ0) is 19.1. The van der Waals surface area contributed by atoms with Crippen molar-refractivity contribution in [1.29, 1.82) is 0 Å². The van der Waals surface area contributed by atoms with Crippen LogP contribution in [0.5, 0.6) is 0 Å². The lowest BCUT2D eigenvalue weighted by atomic mass is 9.82. The summed E-state index contributed by atoms with van der Waals surface area (Å²) in [6.45, 7) is 10.0. The molecule has 1 aromatic heterocycles. The van der Waals surface area contributed by atoms with Gasteiger partial charge >= 0.3 is 0 Å². The maximum atomic E-state index is 5.17. The molecule has 0 aliphatic carbocycles. The van der Waals surface area contributed by atoms with E-state index < -0.39 is 0 Å². The number of aromatic nitrogens is 2. The lowest BCUT2D eigenvalue weighted by molar-refractivity contribution is 0.234. The van der Waals surface area contributed by atoms with Crippen molar-refractivity contribution < 1.29 is 4.52 Å². The average molecular weight is 370 g/mol. The second-order valence-electron chi connectivity index (χ2n) is 7.30. The minimum Gasteiger partial charge on any atom is -0.357 e. The van der Waals surface area contributed by atoms with Gasteiger partial charge in [-0.15, -0.1) is 0 Å². The Morgan fingerprint density at radius 2 is 2.15 bits per heavy atom. The van der Waals surface area contributed by atoms with E-state index in [0.29, 0.717) is 23.6 Å². The molecule has 1 aliphatic heterocycles. The average Bonchev–Trinajstić information content (AvgIpc) is 3.10. The van der Waals surface area contributed by atoms with Gasteiger partial charge in [0.1, 0.15) is 0 Å². The van der Waals surface area contributed by atoms with Crippen LogP contribution in [-0.2, 0) is 6.42 Å². The topological polar surface area (TPSA) is 66.5 Å². The number of nitrogens with zero attached hydrogens (tertiary/aromatic N) is 4. The molecule has 0 spiro atoms. The number of aliphatic imine (C=N–C) groups is 1. The molecule has 0 bridgehead atoms. The fourth-order valence-corrected chi connectivity index (χ4v) is 3.82. The number of piperidine rings is 1. The molecule has 1 aliphatic rings.